The van der Waals surface area contributed by atoms with Crippen molar-refractivity contribution >= 4 is 51.0 Å². The van der Waals surface area contributed by atoms with Crippen LogP contribution in [0, 0.1) is 22.7 Å². The number of aromatic nitrogens is 2. The molecule has 0 aliphatic rings. The van der Waals surface area contributed by atoms with Crippen molar-refractivity contribution in [2.24, 2.45) is 0 Å². The number of para-hydroxylation sites is 1. The molecule has 4 rings (SSSR count). The van der Waals surface area contributed by atoms with Gasteiger partial charge in [-0.3, -0.25) is 4.79 Å². The Balaban J connectivity index is 1.49. The monoisotopic (exact) mass is 482 g/mol. The number of carbonyl (C=O) groups is 1. The van der Waals surface area contributed by atoms with E-state index in [1.54, 1.807) is 0 Å². The number of nitrogens with one attached hydrogen (secondary N) is 1. The summed E-state index contributed by atoms with van der Waals surface area (Å²) in [6.07, 6.45) is 0.239. The van der Waals surface area contributed by atoms with Crippen LogP contribution in [0.1, 0.15) is 49.8 Å². The number of nitrogens with two attached hydrogens (primary N) is 1. The molecule has 0 aliphatic carbocycles. The molecule has 35 heavy (non-hydrogen) atoms. The Hall–Kier alpha value is -4.01. The highest BCUT2D eigenvalue weighted by Crippen LogP contribution is 2.34. The molecule has 0 bridgehead atoms. The number of fused-ring (bicyclic) bond motifs is 3. The molecule has 0 fully saturated rings. The molecule has 0 unspecified atom stereocenters. The van der Waals surface area contributed by atoms with Crippen LogP contribution in [-0.4, -0.2) is 21.2 Å². The van der Waals surface area contributed by atoms with Crippen LogP contribution in [0.25, 0.3) is 21.8 Å². The maximum atomic E-state index is 12.7. The van der Waals surface area contributed by atoms with Crippen LogP contribution in [0.4, 0.5) is 11.5 Å². The van der Waals surface area contributed by atoms with E-state index >= 15 is 0 Å². The number of hydrogen-bond donors (Lipinski definition) is 2. The predicted octanol–water partition coefficient (Wildman–Crippen LogP) is 5.78. The number of anilines is 2. The molecule has 4 aromatic rings. The SMILES string of the molecule is CCn1c2ccccc2c2cc(NC(=O)CCSc3nc(N)c(C#N)c(C(C)C)c3C#N)ccc21. The van der Waals surface area contributed by atoms with E-state index in [1.807, 2.05) is 44.2 Å². The Morgan fingerprint density at radius 1 is 1.11 bits per heavy atom. The average molecular weight is 483 g/mol. The Kier molecular flexibility index (Phi) is 6.95. The zero-order valence-corrected chi connectivity index (χ0v) is 20.7. The molecule has 0 radical (unpaired) electrons. The molecule has 0 spiro atoms. The number of rotatable bonds is 7. The third kappa shape index (κ3) is 4.53. The summed E-state index contributed by atoms with van der Waals surface area (Å²) < 4.78 is 2.27. The van der Waals surface area contributed by atoms with E-state index in [2.05, 4.69) is 46.1 Å². The Morgan fingerprint density at radius 3 is 2.51 bits per heavy atom. The first kappa shape index (κ1) is 24.1. The second kappa shape index (κ2) is 10.1. The highest BCUT2D eigenvalue weighted by Gasteiger charge is 2.21. The predicted molar refractivity (Wildman–Crippen MR) is 141 cm³/mol. The first-order chi connectivity index (χ1) is 16.9. The van der Waals surface area contributed by atoms with Crippen LogP contribution in [0.3, 0.4) is 0 Å². The van der Waals surface area contributed by atoms with E-state index in [1.165, 1.54) is 17.3 Å². The Morgan fingerprint density at radius 2 is 1.83 bits per heavy atom. The van der Waals surface area contributed by atoms with E-state index in [4.69, 9.17) is 5.73 Å². The summed E-state index contributed by atoms with van der Waals surface area (Å²) in [7, 11) is 0. The van der Waals surface area contributed by atoms with Crippen molar-refractivity contribution in [3.63, 3.8) is 0 Å². The number of benzene rings is 2. The molecule has 2 aromatic heterocycles. The normalized spacial score (nSPS) is 11.0. The van der Waals surface area contributed by atoms with Crippen molar-refractivity contribution in [3.05, 3.63) is 59.2 Å². The minimum atomic E-state index is -0.125. The number of nitriles is 2. The highest BCUT2D eigenvalue weighted by atomic mass is 32.2. The third-order valence-corrected chi connectivity index (χ3v) is 6.95. The maximum Gasteiger partial charge on any atom is 0.225 e. The van der Waals surface area contributed by atoms with E-state index in [9.17, 15) is 15.3 Å². The van der Waals surface area contributed by atoms with Crippen molar-refractivity contribution in [2.75, 3.05) is 16.8 Å². The lowest BCUT2D eigenvalue weighted by Crippen LogP contribution is -2.12. The fourth-order valence-corrected chi connectivity index (χ4v) is 5.39. The number of hydrogen-bond acceptors (Lipinski definition) is 6. The average Bonchev–Trinajstić information content (AvgIpc) is 3.16. The molecule has 0 saturated heterocycles. The van der Waals surface area contributed by atoms with Gasteiger partial charge in [0.15, 0.2) is 0 Å². The van der Waals surface area contributed by atoms with Gasteiger partial charge in [-0.2, -0.15) is 10.5 Å². The molecule has 3 N–H and O–H groups in total. The fraction of sp³-hybridized carbons (Fsp3) is 0.259. The van der Waals surface area contributed by atoms with Gasteiger partial charge in [0, 0.05) is 46.2 Å². The zero-order chi connectivity index (χ0) is 25.1. The maximum absolute atomic E-state index is 12.7. The molecule has 0 atom stereocenters. The number of aryl methyl sites for hydroxylation is 1. The molecular weight excluding hydrogens is 456 g/mol. The standard InChI is InChI=1S/C27H26N6OS/c1-4-33-22-8-6-5-7-18(22)19-13-17(9-10-23(19)33)31-24(34)11-12-35-27-21(15-29)25(16(2)3)20(14-28)26(30)32-27/h5-10,13,16H,4,11-12H2,1-3H3,(H2,30,32)(H,31,34). The lowest BCUT2D eigenvalue weighted by Gasteiger charge is -2.15. The van der Waals surface area contributed by atoms with Crippen LogP contribution >= 0.6 is 11.8 Å². The van der Waals surface area contributed by atoms with Gasteiger partial charge >= 0.3 is 0 Å². The fourth-order valence-electron chi connectivity index (χ4n) is 4.44. The second-order valence-electron chi connectivity index (χ2n) is 8.48. The molecule has 176 valence electrons. The van der Waals surface area contributed by atoms with Crippen LogP contribution in [0.2, 0.25) is 0 Å². The molecule has 0 saturated carbocycles. The highest BCUT2D eigenvalue weighted by molar-refractivity contribution is 7.99. The Labute approximate surface area is 208 Å². The minimum absolute atomic E-state index is 0.0548. The molecule has 0 aliphatic heterocycles. The van der Waals surface area contributed by atoms with Crippen LogP contribution in [0.15, 0.2) is 47.5 Å². The summed E-state index contributed by atoms with van der Waals surface area (Å²) in [5, 5.41) is 24.9. The van der Waals surface area contributed by atoms with Crippen molar-refractivity contribution < 1.29 is 4.79 Å². The summed E-state index contributed by atoms with van der Waals surface area (Å²) in [5.74, 6) is 0.358. The van der Waals surface area contributed by atoms with Gasteiger partial charge in [-0.25, -0.2) is 4.98 Å². The third-order valence-electron chi connectivity index (χ3n) is 5.97. The van der Waals surface area contributed by atoms with Gasteiger partial charge in [0.2, 0.25) is 5.91 Å². The topological polar surface area (TPSA) is 121 Å². The molecule has 2 heterocycles. The van der Waals surface area contributed by atoms with Crippen LogP contribution in [0.5, 0.6) is 0 Å². The summed E-state index contributed by atoms with van der Waals surface area (Å²) >= 11 is 1.30. The van der Waals surface area contributed by atoms with Crippen molar-refractivity contribution in [1.29, 1.82) is 10.5 Å². The summed E-state index contributed by atoms with van der Waals surface area (Å²) in [4.78, 5) is 17.0. The van der Waals surface area contributed by atoms with Crippen molar-refractivity contribution in [2.45, 2.75) is 44.7 Å². The summed E-state index contributed by atoms with van der Waals surface area (Å²) in [6.45, 7) is 6.81. The number of pyridine rings is 1. The van der Waals surface area contributed by atoms with Gasteiger partial charge in [-0.1, -0.05) is 32.0 Å². The zero-order valence-electron chi connectivity index (χ0n) is 19.9. The van der Waals surface area contributed by atoms with Gasteiger partial charge in [0.05, 0.1) is 11.1 Å². The number of thioether (sulfide) groups is 1. The first-order valence-corrected chi connectivity index (χ1v) is 12.4. The second-order valence-corrected chi connectivity index (χ2v) is 9.57. The van der Waals surface area contributed by atoms with Gasteiger partial charge < -0.3 is 15.6 Å². The molecule has 7 nitrogen and oxygen atoms in total. The van der Waals surface area contributed by atoms with Gasteiger partial charge in [-0.05, 0) is 42.7 Å². The van der Waals surface area contributed by atoms with Gasteiger partial charge in [0.25, 0.3) is 0 Å². The molecule has 8 heteroatoms. The van der Waals surface area contributed by atoms with Crippen LogP contribution in [-0.2, 0) is 11.3 Å². The van der Waals surface area contributed by atoms with E-state index in [0.717, 1.165) is 28.5 Å². The van der Waals surface area contributed by atoms with E-state index < -0.39 is 0 Å². The largest absolute Gasteiger partial charge is 0.383 e. The van der Waals surface area contributed by atoms with Gasteiger partial charge in [0.1, 0.15) is 23.0 Å². The lowest BCUT2D eigenvalue weighted by atomic mass is 9.94. The number of carbonyl (C=O) groups excluding carboxylic acids is 1. The minimum Gasteiger partial charge on any atom is -0.383 e. The van der Waals surface area contributed by atoms with Gasteiger partial charge in [-0.15, -0.1) is 11.8 Å². The quantitative estimate of drug-likeness (QED) is 0.322. The number of nitrogens with zero attached hydrogens (tertiary/aromatic N) is 4. The summed E-state index contributed by atoms with van der Waals surface area (Å²) in [6, 6.07) is 18.5. The number of nitrogen functional groups attached to an aromatic ring is 1. The van der Waals surface area contributed by atoms with E-state index in [-0.39, 0.29) is 29.6 Å². The lowest BCUT2D eigenvalue weighted by molar-refractivity contribution is -0.115. The van der Waals surface area contributed by atoms with Crippen molar-refractivity contribution in [3.8, 4) is 12.1 Å². The molecular formula is C27H26N6OS. The summed E-state index contributed by atoms with van der Waals surface area (Å²) in [5.41, 5.74) is 10.2. The molecule has 1 amide bonds. The first-order valence-electron chi connectivity index (χ1n) is 11.5. The van der Waals surface area contributed by atoms with E-state index in [0.29, 0.717) is 21.9 Å². The number of amides is 1. The Bertz CT molecular complexity index is 1520. The van der Waals surface area contributed by atoms with Crippen LogP contribution < -0.4 is 11.1 Å². The molecule has 2 aromatic carbocycles. The van der Waals surface area contributed by atoms with Crippen molar-refractivity contribution in [1.82, 2.24) is 9.55 Å². The smallest absolute Gasteiger partial charge is 0.225 e.